The molecule has 0 unspecified atom stereocenters. The fraction of sp³-hybridized carbons (Fsp3) is 0. The first-order chi connectivity index (χ1) is 8.00. The third kappa shape index (κ3) is 1.92. The highest BCUT2D eigenvalue weighted by Crippen LogP contribution is 2.25. The van der Waals surface area contributed by atoms with Gasteiger partial charge < -0.3 is 5.11 Å². The molecular formula is C11H6ClNO4. The monoisotopic (exact) mass is 251 g/mol. The molecule has 0 fully saturated rings. The second kappa shape index (κ2) is 4.03. The van der Waals surface area contributed by atoms with Crippen molar-refractivity contribution < 1.29 is 19.5 Å². The normalized spacial score (nSPS) is 14.5. The van der Waals surface area contributed by atoms with Gasteiger partial charge in [-0.15, -0.1) is 0 Å². The summed E-state index contributed by atoms with van der Waals surface area (Å²) in [4.78, 5) is 34.4. The van der Waals surface area contributed by atoms with Crippen molar-refractivity contribution in [3.05, 3.63) is 40.9 Å². The number of carboxylic acids is 1. The summed E-state index contributed by atoms with van der Waals surface area (Å²) >= 11 is 5.75. The molecule has 17 heavy (non-hydrogen) atoms. The third-order valence-corrected chi connectivity index (χ3v) is 2.56. The standard InChI is InChI=1S/C11H6ClNO4/c12-8-5-6(1-2-7(8)11(16)17)13-9(14)3-4-10(13)15/h1-5H,(H,16,17). The Morgan fingerprint density at radius 1 is 1.18 bits per heavy atom. The van der Waals surface area contributed by atoms with Crippen molar-refractivity contribution in [3.63, 3.8) is 0 Å². The molecule has 5 nitrogen and oxygen atoms in total. The molecule has 0 radical (unpaired) electrons. The Labute approximate surface area is 101 Å². The van der Waals surface area contributed by atoms with E-state index in [0.717, 1.165) is 17.1 Å². The van der Waals surface area contributed by atoms with Crippen LogP contribution < -0.4 is 4.90 Å². The van der Waals surface area contributed by atoms with Gasteiger partial charge in [0.05, 0.1) is 16.3 Å². The Morgan fingerprint density at radius 2 is 1.76 bits per heavy atom. The van der Waals surface area contributed by atoms with Gasteiger partial charge in [-0.1, -0.05) is 11.6 Å². The molecule has 0 atom stereocenters. The number of hydrogen-bond donors (Lipinski definition) is 1. The van der Waals surface area contributed by atoms with E-state index in [1.54, 1.807) is 0 Å². The number of nitrogens with zero attached hydrogens (tertiary/aromatic N) is 1. The molecule has 1 aliphatic heterocycles. The Morgan fingerprint density at radius 3 is 2.24 bits per heavy atom. The van der Waals surface area contributed by atoms with E-state index in [0.29, 0.717) is 0 Å². The van der Waals surface area contributed by atoms with Crippen LogP contribution in [0.3, 0.4) is 0 Å². The lowest BCUT2D eigenvalue weighted by atomic mass is 10.2. The maximum absolute atomic E-state index is 11.4. The van der Waals surface area contributed by atoms with Crippen molar-refractivity contribution in [2.24, 2.45) is 0 Å². The summed E-state index contributed by atoms with van der Waals surface area (Å²) in [6, 6.07) is 3.88. The van der Waals surface area contributed by atoms with Gasteiger partial charge in [-0.05, 0) is 18.2 Å². The summed E-state index contributed by atoms with van der Waals surface area (Å²) in [7, 11) is 0. The van der Waals surface area contributed by atoms with Gasteiger partial charge in [0.25, 0.3) is 11.8 Å². The van der Waals surface area contributed by atoms with Gasteiger partial charge in [-0.3, -0.25) is 9.59 Å². The number of carboxylic acid groups (broad SMARTS) is 1. The minimum atomic E-state index is -1.17. The zero-order chi connectivity index (χ0) is 12.6. The van der Waals surface area contributed by atoms with Crippen molar-refractivity contribution in [1.82, 2.24) is 0 Å². The van der Waals surface area contributed by atoms with Crippen LogP contribution in [0.5, 0.6) is 0 Å². The Kier molecular flexibility index (Phi) is 2.69. The van der Waals surface area contributed by atoms with Crippen molar-refractivity contribution in [2.45, 2.75) is 0 Å². The van der Waals surface area contributed by atoms with E-state index in [1.165, 1.54) is 18.2 Å². The molecule has 86 valence electrons. The SMILES string of the molecule is O=C(O)c1ccc(N2C(=O)C=CC2=O)cc1Cl. The second-order valence-electron chi connectivity index (χ2n) is 3.31. The van der Waals surface area contributed by atoms with Crippen molar-refractivity contribution >= 4 is 35.1 Å². The van der Waals surface area contributed by atoms with Gasteiger partial charge >= 0.3 is 5.97 Å². The molecule has 0 saturated carbocycles. The largest absolute Gasteiger partial charge is 0.478 e. The number of amides is 2. The maximum Gasteiger partial charge on any atom is 0.337 e. The van der Waals surface area contributed by atoms with E-state index < -0.39 is 17.8 Å². The van der Waals surface area contributed by atoms with Gasteiger partial charge in [0.15, 0.2) is 0 Å². The summed E-state index contributed by atoms with van der Waals surface area (Å²) in [5.41, 5.74) is 0.169. The van der Waals surface area contributed by atoms with E-state index in [2.05, 4.69) is 0 Å². The highest BCUT2D eigenvalue weighted by molar-refractivity contribution is 6.34. The molecule has 1 aromatic carbocycles. The van der Waals surface area contributed by atoms with Gasteiger partial charge in [0.1, 0.15) is 0 Å². The minimum Gasteiger partial charge on any atom is -0.478 e. The lowest BCUT2D eigenvalue weighted by Crippen LogP contribution is -2.29. The zero-order valence-corrected chi connectivity index (χ0v) is 9.14. The van der Waals surface area contributed by atoms with E-state index in [-0.39, 0.29) is 16.3 Å². The third-order valence-electron chi connectivity index (χ3n) is 2.25. The number of anilines is 1. The maximum atomic E-state index is 11.4. The first-order valence-corrected chi connectivity index (χ1v) is 4.97. The summed E-state index contributed by atoms with van der Waals surface area (Å²) < 4.78 is 0. The average molecular weight is 252 g/mol. The minimum absolute atomic E-state index is 0.0255. The molecule has 0 saturated heterocycles. The molecular weight excluding hydrogens is 246 g/mol. The quantitative estimate of drug-likeness (QED) is 0.808. The summed E-state index contributed by atoms with van der Waals surface area (Å²) in [6.45, 7) is 0. The lowest BCUT2D eigenvalue weighted by Gasteiger charge is -2.14. The van der Waals surface area contributed by atoms with Crippen LogP contribution in [0.2, 0.25) is 5.02 Å². The molecule has 1 aromatic rings. The number of carbonyl (C=O) groups is 3. The number of hydrogen-bond acceptors (Lipinski definition) is 3. The van der Waals surface area contributed by atoms with E-state index in [1.807, 2.05) is 0 Å². The highest BCUT2D eigenvalue weighted by atomic mass is 35.5. The smallest absolute Gasteiger partial charge is 0.337 e. The van der Waals surface area contributed by atoms with Crippen LogP contribution in [-0.4, -0.2) is 22.9 Å². The number of imide groups is 1. The Hall–Kier alpha value is -2.14. The zero-order valence-electron chi connectivity index (χ0n) is 8.38. The van der Waals surface area contributed by atoms with Crippen LogP contribution in [0.4, 0.5) is 5.69 Å². The molecule has 1 heterocycles. The molecule has 2 rings (SSSR count). The van der Waals surface area contributed by atoms with Crippen LogP contribution in [0.15, 0.2) is 30.4 Å². The fourth-order valence-corrected chi connectivity index (χ4v) is 1.73. The fourth-order valence-electron chi connectivity index (χ4n) is 1.47. The van der Waals surface area contributed by atoms with Crippen LogP contribution in [-0.2, 0) is 9.59 Å². The van der Waals surface area contributed by atoms with Crippen LogP contribution in [0, 0.1) is 0 Å². The van der Waals surface area contributed by atoms with E-state index >= 15 is 0 Å². The second-order valence-corrected chi connectivity index (χ2v) is 3.72. The number of benzene rings is 1. The molecule has 0 spiro atoms. The molecule has 1 aliphatic rings. The lowest BCUT2D eigenvalue weighted by molar-refractivity contribution is -0.119. The molecule has 6 heteroatoms. The highest BCUT2D eigenvalue weighted by Gasteiger charge is 2.25. The summed E-state index contributed by atoms with van der Waals surface area (Å²) in [5.74, 6) is -2.12. The topological polar surface area (TPSA) is 74.7 Å². The van der Waals surface area contributed by atoms with Crippen molar-refractivity contribution in [1.29, 1.82) is 0 Å². The predicted molar refractivity (Wildman–Crippen MR) is 60.0 cm³/mol. The predicted octanol–water partition coefficient (Wildman–Crippen LogP) is 1.47. The van der Waals surface area contributed by atoms with Crippen molar-refractivity contribution in [2.75, 3.05) is 4.90 Å². The van der Waals surface area contributed by atoms with Gasteiger partial charge in [-0.25, -0.2) is 9.69 Å². The first-order valence-electron chi connectivity index (χ1n) is 4.59. The summed E-state index contributed by atoms with van der Waals surface area (Å²) in [5, 5.41) is 8.76. The average Bonchev–Trinajstić information content (AvgIpc) is 2.58. The van der Waals surface area contributed by atoms with Gasteiger partial charge in [0.2, 0.25) is 0 Å². The van der Waals surface area contributed by atoms with Crippen molar-refractivity contribution in [3.8, 4) is 0 Å². The van der Waals surface area contributed by atoms with E-state index in [9.17, 15) is 14.4 Å². The molecule has 2 amide bonds. The van der Waals surface area contributed by atoms with Gasteiger partial charge in [0, 0.05) is 12.2 Å². The number of rotatable bonds is 2. The summed E-state index contributed by atoms with van der Waals surface area (Å²) in [6.07, 6.45) is 2.28. The molecule has 0 aromatic heterocycles. The Balaban J connectivity index is 2.42. The first kappa shape index (κ1) is 11.3. The van der Waals surface area contributed by atoms with E-state index in [4.69, 9.17) is 16.7 Å². The Bertz CT molecular complexity index is 547. The molecule has 1 N–H and O–H groups in total. The number of aromatic carboxylic acids is 1. The number of carbonyl (C=O) groups excluding carboxylic acids is 2. The van der Waals surface area contributed by atoms with Gasteiger partial charge in [-0.2, -0.15) is 0 Å². The molecule has 0 aliphatic carbocycles. The molecule has 0 bridgehead atoms. The van der Waals surface area contributed by atoms with Crippen LogP contribution in [0.1, 0.15) is 10.4 Å². The van der Waals surface area contributed by atoms with Crippen LogP contribution in [0.25, 0.3) is 0 Å². The van der Waals surface area contributed by atoms with Crippen LogP contribution >= 0.6 is 11.6 Å². The number of halogens is 1.